The third-order valence-corrected chi connectivity index (χ3v) is 6.28. The molecular formula is C20H23F3N2OS. The molecule has 146 valence electrons. The molecular weight excluding hydrogens is 373 g/mol. The first kappa shape index (κ1) is 19.7. The van der Waals surface area contributed by atoms with Crippen molar-refractivity contribution in [2.75, 3.05) is 11.1 Å². The number of thiophene rings is 1. The van der Waals surface area contributed by atoms with Crippen LogP contribution in [0.4, 0.5) is 23.9 Å². The summed E-state index contributed by atoms with van der Waals surface area (Å²) in [4.78, 5) is 13.9. The lowest BCUT2D eigenvalue weighted by Crippen LogP contribution is -2.27. The SMILES string of the molecule is CC(C)(C)C1CCc2c(sc(N)c2C(=O)Nc2cccc(C(F)(F)F)c2)C1. The number of nitrogens with two attached hydrogens (primary N) is 1. The third kappa shape index (κ3) is 4.13. The van der Waals surface area contributed by atoms with E-state index in [1.165, 1.54) is 23.5 Å². The van der Waals surface area contributed by atoms with Gasteiger partial charge < -0.3 is 11.1 Å². The van der Waals surface area contributed by atoms with Gasteiger partial charge in [-0.25, -0.2) is 0 Å². The van der Waals surface area contributed by atoms with E-state index in [0.717, 1.165) is 41.8 Å². The standard InChI is InChI=1S/C20H23F3N2OS/c1-19(2,3)11-7-8-14-15(10-11)27-17(24)16(14)18(26)25-13-6-4-5-12(9-13)20(21,22)23/h4-6,9,11H,7-8,10,24H2,1-3H3,(H,25,26). The van der Waals surface area contributed by atoms with Crippen LogP contribution in [0.5, 0.6) is 0 Å². The van der Waals surface area contributed by atoms with Crippen molar-refractivity contribution >= 4 is 27.9 Å². The Morgan fingerprint density at radius 3 is 2.59 bits per heavy atom. The zero-order valence-electron chi connectivity index (χ0n) is 15.5. The maximum Gasteiger partial charge on any atom is 0.416 e. The first-order chi connectivity index (χ1) is 12.5. The number of amides is 1. The zero-order valence-corrected chi connectivity index (χ0v) is 16.4. The van der Waals surface area contributed by atoms with Crippen LogP contribution in [0.1, 0.15) is 53.6 Å². The lowest BCUT2D eigenvalue weighted by Gasteiger charge is -2.33. The van der Waals surface area contributed by atoms with E-state index in [1.54, 1.807) is 0 Å². The number of alkyl halides is 3. The molecule has 2 aromatic rings. The molecule has 3 N–H and O–H groups in total. The number of carbonyl (C=O) groups is 1. The molecule has 0 saturated heterocycles. The maximum absolute atomic E-state index is 12.9. The van der Waals surface area contributed by atoms with Gasteiger partial charge in [0.15, 0.2) is 0 Å². The van der Waals surface area contributed by atoms with Crippen LogP contribution in [-0.2, 0) is 19.0 Å². The quantitative estimate of drug-likeness (QED) is 0.679. The van der Waals surface area contributed by atoms with Gasteiger partial charge in [0.05, 0.1) is 16.1 Å². The molecule has 7 heteroatoms. The Hall–Kier alpha value is -2.02. The van der Waals surface area contributed by atoms with Gasteiger partial charge in [0.2, 0.25) is 0 Å². The van der Waals surface area contributed by atoms with Crippen molar-refractivity contribution in [2.24, 2.45) is 11.3 Å². The molecule has 1 amide bonds. The minimum atomic E-state index is -4.46. The summed E-state index contributed by atoms with van der Waals surface area (Å²) in [5.74, 6) is 0.0703. The summed E-state index contributed by atoms with van der Waals surface area (Å²) >= 11 is 1.42. The predicted octanol–water partition coefficient (Wildman–Crippen LogP) is 5.75. The molecule has 1 heterocycles. The van der Waals surface area contributed by atoms with Gasteiger partial charge >= 0.3 is 6.18 Å². The normalized spacial score (nSPS) is 17.5. The van der Waals surface area contributed by atoms with Crippen molar-refractivity contribution in [1.82, 2.24) is 0 Å². The van der Waals surface area contributed by atoms with Crippen molar-refractivity contribution in [2.45, 2.75) is 46.2 Å². The molecule has 1 atom stereocenters. The molecule has 0 saturated carbocycles. The van der Waals surface area contributed by atoms with Crippen molar-refractivity contribution < 1.29 is 18.0 Å². The fourth-order valence-corrected chi connectivity index (χ4v) is 4.76. The average Bonchev–Trinajstić information content (AvgIpc) is 2.88. The van der Waals surface area contributed by atoms with Gasteiger partial charge in [-0.05, 0) is 54.4 Å². The number of anilines is 2. The fourth-order valence-electron chi connectivity index (χ4n) is 3.56. The van der Waals surface area contributed by atoms with Crippen LogP contribution in [0.2, 0.25) is 0 Å². The summed E-state index contributed by atoms with van der Waals surface area (Å²) in [6, 6.07) is 4.63. The number of nitrogen functional groups attached to an aromatic ring is 1. The van der Waals surface area contributed by atoms with Crippen molar-refractivity contribution in [1.29, 1.82) is 0 Å². The minimum Gasteiger partial charge on any atom is -0.390 e. The van der Waals surface area contributed by atoms with E-state index in [-0.39, 0.29) is 11.1 Å². The van der Waals surface area contributed by atoms with E-state index in [1.807, 2.05) is 0 Å². The number of nitrogens with one attached hydrogen (secondary N) is 1. The number of hydrogen-bond donors (Lipinski definition) is 2. The smallest absolute Gasteiger partial charge is 0.390 e. The highest BCUT2D eigenvalue weighted by Gasteiger charge is 2.34. The van der Waals surface area contributed by atoms with Gasteiger partial charge in [0.1, 0.15) is 0 Å². The first-order valence-corrected chi connectivity index (χ1v) is 9.67. The maximum atomic E-state index is 12.9. The first-order valence-electron chi connectivity index (χ1n) is 8.85. The molecule has 0 aliphatic heterocycles. The summed E-state index contributed by atoms with van der Waals surface area (Å²) in [6.45, 7) is 6.63. The summed E-state index contributed by atoms with van der Waals surface area (Å²) in [5.41, 5.74) is 6.96. The van der Waals surface area contributed by atoms with Crippen molar-refractivity contribution in [3.8, 4) is 0 Å². The summed E-state index contributed by atoms with van der Waals surface area (Å²) in [5, 5.41) is 3.01. The lowest BCUT2D eigenvalue weighted by molar-refractivity contribution is -0.137. The Balaban J connectivity index is 1.84. The Morgan fingerprint density at radius 2 is 1.96 bits per heavy atom. The van der Waals surface area contributed by atoms with Crippen LogP contribution in [0.15, 0.2) is 24.3 Å². The lowest BCUT2D eigenvalue weighted by atomic mass is 9.72. The molecule has 1 aliphatic rings. The molecule has 3 nitrogen and oxygen atoms in total. The molecule has 0 radical (unpaired) electrons. The second-order valence-electron chi connectivity index (χ2n) is 8.08. The van der Waals surface area contributed by atoms with Gasteiger partial charge in [-0.15, -0.1) is 11.3 Å². The molecule has 0 bridgehead atoms. The van der Waals surface area contributed by atoms with Crippen LogP contribution in [-0.4, -0.2) is 5.91 Å². The second-order valence-corrected chi connectivity index (χ2v) is 9.22. The summed E-state index contributed by atoms with van der Waals surface area (Å²) < 4.78 is 38.6. The predicted molar refractivity (Wildman–Crippen MR) is 103 cm³/mol. The van der Waals surface area contributed by atoms with E-state index >= 15 is 0 Å². The Bertz CT molecular complexity index is 865. The highest BCUT2D eigenvalue weighted by molar-refractivity contribution is 7.16. The van der Waals surface area contributed by atoms with E-state index < -0.39 is 17.6 Å². The van der Waals surface area contributed by atoms with Crippen LogP contribution < -0.4 is 11.1 Å². The van der Waals surface area contributed by atoms with Gasteiger partial charge in [-0.2, -0.15) is 13.2 Å². The van der Waals surface area contributed by atoms with Crippen molar-refractivity contribution in [3.63, 3.8) is 0 Å². The second kappa shape index (κ2) is 6.86. The molecule has 1 aliphatic carbocycles. The number of hydrogen-bond acceptors (Lipinski definition) is 3. The van der Waals surface area contributed by atoms with E-state index in [2.05, 4.69) is 26.1 Å². The van der Waals surface area contributed by atoms with Gasteiger partial charge in [-0.3, -0.25) is 4.79 Å². The largest absolute Gasteiger partial charge is 0.416 e. The molecule has 1 unspecified atom stereocenters. The third-order valence-electron chi connectivity index (χ3n) is 5.19. The van der Waals surface area contributed by atoms with E-state index in [0.29, 0.717) is 16.5 Å². The fraction of sp³-hybridized carbons (Fsp3) is 0.450. The Kier molecular flexibility index (Phi) is 5.01. The van der Waals surface area contributed by atoms with Gasteiger partial charge in [0, 0.05) is 10.6 Å². The Morgan fingerprint density at radius 1 is 1.26 bits per heavy atom. The van der Waals surface area contributed by atoms with E-state index in [9.17, 15) is 18.0 Å². The molecule has 1 aromatic carbocycles. The monoisotopic (exact) mass is 396 g/mol. The average molecular weight is 396 g/mol. The summed E-state index contributed by atoms with van der Waals surface area (Å²) in [6.07, 6.45) is -1.85. The molecule has 27 heavy (non-hydrogen) atoms. The Labute approximate surface area is 160 Å². The number of carbonyl (C=O) groups excluding carboxylic acids is 1. The minimum absolute atomic E-state index is 0.109. The number of halogens is 3. The highest BCUT2D eigenvalue weighted by atomic mass is 32.1. The molecule has 0 fully saturated rings. The molecule has 1 aromatic heterocycles. The zero-order chi connectivity index (χ0) is 20.0. The van der Waals surface area contributed by atoms with Crippen LogP contribution in [0.3, 0.4) is 0 Å². The molecule has 3 rings (SSSR count). The topological polar surface area (TPSA) is 55.1 Å². The highest BCUT2D eigenvalue weighted by Crippen LogP contribution is 2.43. The molecule has 0 spiro atoms. The van der Waals surface area contributed by atoms with Crippen LogP contribution >= 0.6 is 11.3 Å². The number of rotatable bonds is 2. The number of benzene rings is 1. The van der Waals surface area contributed by atoms with Gasteiger partial charge in [0.25, 0.3) is 5.91 Å². The van der Waals surface area contributed by atoms with Gasteiger partial charge in [-0.1, -0.05) is 26.8 Å². The number of fused-ring (bicyclic) bond motifs is 1. The van der Waals surface area contributed by atoms with Crippen molar-refractivity contribution in [3.05, 3.63) is 45.8 Å². The van der Waals surface area contributed by atoms with Crippen LogP contribution in [0.25, 0.3) is 0 Å². The summed E-state index contributed by atoms with van der Waals surface area (Å²) in [7, 11) is 0. The van der Waals surface area contributed by atoms with E-state index in [4.69, 9.17) is 5.73 Å². The van der Waals surface area contributed by atoms with Crippen LogP contribution in [0, 0.1) is 11.3 Å².